The van der Waals surface area contributed by atoms with Crippen LogP contribution in [0.3, 0.4) is 0 Å². The number of hydrogen-bond acceptors (Lipinski definition) is 3. The molecule has 0 amide bonds. The first-order valence-corrected chi connectivity index (χ1v) is 6.26. The number of nitrogens with two attached hydrogens (primary N) is 1. The van der Waals surface area contributed by atoms with Crippen molar-refractivity contribution >= 4 is 0 Å². The average molecular weight is 237 g/mol. The van der Waals surface area contributed by atoms with E-state index in [-0.39, 0.29) is 18.4 Å². The van der Waals surface area contributed by atoms with Gasteiger partial charge in [-0.15, -0.1) is 0 Å². The Balaban J connectivity index is 2.65. The Morgan fingerprint density at radius 2 is 2.00 bits per heavy atom. The van der Waals surface area contributed by atoms with Crippen molar-refractivity contribution in [1.29, 1.82) is 0 Å². The summed E-state index contributed by atoms with van der Waals surface area (Å²) >= 11 is 0. The van der Waals surface area contributed by atoms with E-state index in [1.165, 1.54) is 0 Å². The third-order valence-electron chi connectivity index (χ3n) is 3.34. The van der Waals surface area contributed by atoms with Gasteiger partial charge in [0, 0.05) is 11.6 Å². The van der Waals surface area contributed by atoms with Crippen LogP contribution in [0, 0.1) is 0 Å². The number of aliphatic hydroxyl groups excluding tert-OH is 1. The molecule has 1 aromatic carbocycles. The summed E-state index contributed by atoms with van der Waals surface area (Å²) in [5, 5.41) is 18.6. The van der Waals surface area contributed by atoms with Crippen molar-refractivity contribution in [2.24, 2.45) is 5.73 Å². The molecule has 1 aromatic rings. The molecule has 0 aromatic heterocycles. The highest BCUT2D eigenvalue weighted by Gasteiger charge is 2.10. The van der Waals surface area contributed by atoms with Gasteiger partial charge in [-0.05, 0) is 42.9 Å². The summed E-state index contributed by atoms with van der Waals surface area (Å²) in [5.74, 6) is 0.562. The first-order valence-electron chi connectivity index (χ1n) is 6.26. The molecular formula is C14H23NO2. The number of hydrogen-bond donors (Lipinski definition) is 3. The van der Waals surface area contributed by atoms with Gasteiger partial charge >= 0.3 is 0 Å². The second kappa shape index (κ2) is 6.62. The van der Waals surface area contributed by atoms with Gasteiger partial charge in [-0.1, -0.05) is 19.9 Å². The minimum absolute atomic E-state index is 0.124. The van der Waals surface area contributed by atoms with Crippen molar-refractivity contribution in [2.75, 3.05) is 0 Å². The van der Waals surface area contributed by atoms with Gasteiger partial charge in [0.05, 0.1) is 6.61 Å². The molecule has 1 rings (SSSR count). The highest BCUT2D eigenvalue weighted by molar-refractivity contribution is 5.36. The zero-order chi connectivity index (χ0) is 12.8. The molecule has 0 aliphatic carbocycles. The second-order valence-corrected chi connectivity index (χ2v) is 4.69. The standard InChI is InChI=1S/C14H23NO2/c1-3-13(15)6-4-10(2)11-5-7-14(17)12(8-11)9-16/h5,7-8,10,13,16-17H,3-4,6,9,15H2,1-2H3. The Morgan fingerprint density at radius 3 is 2.59 bits per heavy atom. The molecule has 0 saturated carbocycles. The predicted molar refractivity (Wildman–Crippen MR) is 69.9 cm³/mol. The maximum absolute atomic E-state index is 9.49. The number of phenols is 1. The summed E-state index contributed by atoms with van der Waals surface area (Å²) < 4.78 is 0. The maximum atomic E-state index is 9.49. The first-order chi connectivity index (χ1) is 8.08. The van der Waals surface area contributed by atoms with Gasteiger partial charge in [0.25, 0.3) is 0 Å². The number of aliphatic hydroxyl groups is 1. The van der Waals surface area contributed by atoms with Crippen LogP contribution < -0.4 is 5.73 Å². The predicted octanol–water partition coefficient (Wildman–Crippen LogP) is 2.51. The van der Waals surface area contributed by atoms with Gasteiger partial charge in [0.15, 0.2) is 0 Å². The van der Waals surface area contributed by atoms with E-state index >= 15 is 0 Å². The van der Waals surface area contributed by atoms with Gasteiger partial charge in [0.1, 0.15) is 5.75 Å². The van der Waals surface area contributed by atoms with E-state index in [9.17, 15) is 5.11 Å². The van der Waals surface area contributed by atoms with E-state index < -0.39 is 0 Å². The van der Waals surface area contributed by atoms with Gasteiger partial charge in [-0.3, -0.25) is 0 Å². The van der Waals surface area contributed by atoms with E-state index in [2.05, 4.69) is 13.8 Å². The van der Waals surface area contributed by atoms with Crippen LogP contribution in [-0.4, -0.2) is 16.3 Å². The number of aromatic hydroxyl groups is 1. The third-order valence-corrected chi connectivity index (χ3v) is 3.34. The molecule has 0 heterocycles. The molecule has 17 heavy (non-hydrogen) atoms. The van der Waals surface area contributed by atoms with Gasteiger partial charge in [0.2, 0.25) is 0 Å². The molecule has 0 aliphatic heterocycles. The average Bonchev–Trinajstić information content (AvgIpc) is 2.35. The van der Waals surface area contributed by atoms with Gasteiger partial charge in [-0.25, -0.2) is 0 Å². The van der Waals surface area contributed by atoms with E-state index in [1.807, 2.05) is 12.1 Å². The van der Waals surface area contributed by atoms with Crippen LogP contribution >= 0.6 is 0 Å². The molecule has 0 spiro atoms. The fourth-order valence-electron chi connectivity index (χ4n) is 1.87. The van der Waals surface area contributed by atoms with Crippen molar-refractivity contribution in [3.8, 4) is 5.75 Å². The Labute approximate surface area is 103 Å². The smallest absolute Gasteiger partial charge is 0.121 e. The van der Waals surface area contributed by atoms with Crippen LogP contribution in [0.4, 0.5) is 0 Å². The topological polar surface area (TPSA) is 66.5 Å². The summed E-state index contributed by atoms with van der Waals surface area (Å²) in [5.41, 5.74) is 7.64. The summed E-state index contributed by atoms with van der Waals surface area (Å²) in [7, 11) is 0. The highest BCUT2D eigenvalue weighted by Crippen LogP contribution is 2.26. The fourth-order valence-corrected chi connectivity index (χ4v) is 1.87. The largest absolute Gasteiger partial charge is 0.508 e. The molecule has 96 valence electrons. The Morgan fingerprint density at radius 1 is 1.29 bits per heavy atom. The monoisotopic (exact) mass is 237 g/mol. The second-order valence-electron chi connectivity index (χ2n) is 4.69. The summed E-state index contributed by atoms with van der Waals surface area (Å²) in [6.07, 6.45) is 3.04. The lowest BCUT2D eigenvalue weighted by Crippen LogP contribution is -2.18. The summed E-state index contributed by atoms with van der Waals surface area (Å²) in [6.45, 7) is 4.12. The van der Waals surface area contributed by atoms with Crippen LogP contribution in [0.5, 0.6) is 5.75 Å². The van der Waals surface area contributed by atoms with Crippen LogP contribution in [-0.2, 0) is 6.61 Å². The van der Waals surface area contributed by atoms with Crippen LogP contribution in [0.1, 0.15) is 50.2 Å². The molecule has 0 bridgehead atoms. The van der Waals surface area contributed by atoms with Crippen LogP contribution in [0.25, 0.3) is 0 Å². The highest BCUT2D eigenvalue weighted by atomic mass is 16.3. The lowest BCUT2D eigenvalue weighted by Gasteiger charge is -2.16. The summed E-state index contributed by atoms with van der Waals surface area (Å²) in [4.78, 5) is 0. The zero-order valence-corrected chi connectivity index (χ0v) is 10.7. The number of rotatable bonds is 6. The maximum Gasteiger partial charge on any atom is 0.121 e. The molecule has 2 atom stereocenters. The van der Waals surface area contributed by atoms with Crippen molar-refractivity contribution in [3.05, 3.63) is 29.3 Å². The number of benzene rings is 1. The van der Waals surface area contributed by atoms with Crippen molar-refractivity contribution < 1.29 is 10.2 Å². The molecule has 0 fully saturated rings. The molecular weight excluding hydrogens is 214 g/mol. The van der Waals surface area contributed by atoms with Crippen molar-refractivity contribution in [2.45, 2.75) is 51.7 Å². The van der Waals surface area contributed by atoms with Gasteiger partial charge < -0.3 is 15.9 Å². The van der Waals surface area contributed by atoms with E-state index in [1.54, 1.807) is 6.07 Å². The first kappa shape index (κ1) is 14.0. The Hall–Kier alpha value is -1.06. The quantitative estimate of drug-likeness (QED) is 0.712. The zero-order valence-electron chi connectivity index (χ0n) is 10.7. The van der Waals surface area contributed by atoms with Crippen LogP contribution in [0.2, 0.25) is 0 Å². The minimum Gasteiger partial charge on any atom is -0.508 e. The van der Waals surface area contributed by atoms with Gasteiger partial charge in [-0.2, -0.15) is 0 Å². The lowest BCUT2D eigenvalue weighted by atomic mass is 9.92. The third kappa shape index (κ3) is 4.02. The van der Waals surface area contributed by atoms with E-state index in [0.29, 0.717) is 11.5 Å². The molecule has 3 heteroatoms. The molecule has 0 aliphatic rings. The SMILES string of the molecule is CCC(N)CCC(C)c1ccc(O)c(CO)c1. The van der Waals surface area contributed by atoms with Crippen molar-refractivity contribution in [1.82, 2.24) is 0 Å². The normalized spacial score (nSPS) is 14.6. The summed E-state index contributed by atoms with van der Waals surface area (Å²) in [6, 6.07) is 5.71. The van der Waals surface area contributed by atoms with Crippen molar-refractivity contribution in [3.63, 3.8) is 0 Å². The van der Waals surface area contributed by atoms with E-state index in [0.717, 1.165) is 24.8 Å². The fraction of sp³-hybridized carbons (Fsp3) is 0.571. The molecule has 0 saturated heterocycles. The molecule has 2 unspecified atom stereocenters. The lowest BCUT2D eigenvalue weighted by molar-refractivity contribution is 0.275. The minimum atomic E-state index is -0.124. The Bertz CT molecular complexity index is 352. The van der Waals surface area contributed by atoms with Crippen LogP contribution in [0.15, 0.2) is 18.2 Å². The molecule has 3 nitrogen and oxygen atoms in total. The molecule has 4 N–H and O–H groups in total. The molecule has 0 radical (unpaired) electrons. The Kier molecular flexibility index (Phi) is 5.45. The van der Waals surface area contributed by atoms with E-state index in [4.69, 9.17) is 10.8 Å².